The van der Waals surface area contributed by atoms with E-state index in [1.807, 2.05) is 0 Å². The highest BCUT2D eigenvalue weighted by Crippen LogP contribution is 2.44. The van der Waals surface area contributed by atoms with E-state index < -0.39 is 35.2 Å². The second-order valence-corrected chi connectivity index (χ2v) is 12.3. The van der Waals surface area contributed by atoms with Crippen molar-refractivity contribution in [1.29, 1.82) is 0 Å². The third kappa shape index (κ3) is 5.17. The Morgan fingerprint density at radius 2 is 2.06 bits per heavy atom. The Kier molecular flexibility index (Phi) is 7.79. The minimum atomic E-state index is -1.61. The highest BCUT2D eigenvalue weighted by molar-refractivity contribution is 8.18. The van der Waals surface area contributed by atoms with Crippen LogP contribution in [0.2, 0.25) is 4.34 Å². The number of rotatable bonds is 9. The number of fused-ring (bicyclic) bond motifs is 1. The molecule has 4 heterocycles. The number of carboxylic acid groups (broad SMARTS) is 1. The number of aliphatic carboxylic acids is 1. The number of anilines is 3. The van der Waals surface area contributed by atoms with Crippen molar-refractivity contribution in [3.63, 3.8) is 0 Å². The van der Waals surface area contributed by atoms with Crippen molar-refractivity contribution >= 4 is 92.9 Å². The van der Waals surface area contributed by atoms with Crippen molar-refractivity contribution in [3.05, 3.63) is 31.6 Å². The van der Waals surface area contributed by atoms with Crippen LogP contribution in [0.3, 0.4) is 0 Å². The predicted octanol–water partition coefficient (Wildman–Crippen LogP) is 1.32. The molecule has 0 aromatic carbocycles. The normalized spacial score (nSPS) is 19.9. The molecule has 2 amide bonds. The zero-order chi connectivity index (χ0) is 26.1. The van der Waals surface area contributed by atoms with Crippen molar-refractivity contribution in [3.8, 4) is 0 Å². The van der Waals surface area contributed by atoms with Crippen LogP contribution in [-0.4, -0.2) is 65.0 Å². The van der Waals surface area contributed by atoms with Gasteiger partial charge in [-0.3, -0.25) is 14.5 Å². The third-order valence-corrected chi connectivity index (χ3v) is 9.56. The van der Waals surface area contributed by atoms with Gasteiger partial charge in [0.25, 0.3) is 11.8 Å². The summed E-state index contributed by atoms with van der Waals surface area (Å²) < 4.78 is 0.0313. The van der Waals surface area contributed by atoms with Crippen LogP contribution < -0.4 is 22.5 Å². The lowest BCUT2D eigenvalue weighted by molar-refractivity contribution is -0.150. The van der Waals surface area contributed by atoms with Gasteiger partial charge in [0.2, 0.25) is 12.0 Å². The van der Waals surface area contributed by atoms with Crippen molar-refractivity contribution in [2.45, 2.75) is 22.5 Å². The van der Waals surface area contributed by atoms with E-state index in [0.29, 0.717) is 15.0 Å². The van der Waals surface area contributed by atoms with E-state index in [1.54, 1.807) is 6.07 Å². The van der Waals surface area contributed by atoms with Gasteiger partial charge in [0.05, 0.1) is 0 Å². The fourth-order valence-electron chi connectivity index (χ4n) is 3.35. The van der Waals surface area contributed by atoms with Gasteiger partial charge in [-0.15, -0.1) is 28.4 Å². The molecule has 19 heteroatoms. The molecule has 1 fully saturated rings. The Bertz CT molecular complexity index is 1270. The summed E-state index contributed by atoms with van der Waals surface area (Å²) in [6.07, 6.45) is 0. The molecule has 0 saturated carbocycles. The number of hydrogen-bond acceptors (Lipinski definition) is 15. The number of hydrogen-bond donors (Lipinski definition) is 5. The average Bonchev–Trinajstić information content (AvgIpc) is 3.14. The van der Waals surface area contributed by atoms with Crippen LogP contribution in [0.5, 0.6) is 0 Å². The number of thioether (sulfide) groups is 3. The van der Waals surface area contributed by atoms with E-state index in [9.17, 15) is 24.4 Å². The molecule has 36 heavy (non-hydrogen) atoms. The molecule has 14 nitrogen and oxygen atoms in total. The monoisotopic (exact) mass is 589 g/mol. The van der Waals surface area contributed by atoms with E-state index in [1.165, 1.54) is 35.3 Å². The Labute approximate surface area is 224 Å². The summed E-state index contributed by atoms with van der Waals surface area (Å²) in [6, 6.07) is -1.12. The maximum atomic E-state index is 12.9. The first-order chi connectivity index (χ1) is 17.1. The number of amides is 2. The SMILES string of the molecule is Nc1cc(SCSC2=C(C(=O)O)N3C(=O)C(NC(=O)C(N=O)c4nc(N)sc4Cl)C3SC2)nc(N)n1. The number of nitrogens with two attached hydrogens (primary N) is 3. The predicted molar refractivity (Wildman–Crippen MR) is 139 cm³/mol. The van der Waals surface area contributed by atoms with Gasteiger partial charge in [-0.2, -0.15) is 4.98 Å². The maximum absolute atomic E-state index is 12.9. The quantitative estimate of drug-likeness (QED) is 0.0912. The number of nitrogens with zero attached hydrogens (tertiary/aromatic N) is 5. The molecule has 4 rings (SSSR count). The molecule has 2 aliphatic heterocycles. The topological polar surface area (TPSA) is 233 Å². The molecular weight excluding hydrogens is 574 g/mol. The Hall–Kier alpha value is -2.80. The van der Waals surface area contributed by atoms with E-state index in [0.717, 1.165) is 16.2 Å². The summed E-state index contributed by atoms with van der Waals surface area (Å²) in [7, 11) is 0. The van der Waals surface area contributed by atoms with Gasteiger partial charge in [-0.1, -0.05) is 34.7 Å². The molecule has 190 valence electrons. The minimum Gasteiger partial charge on any atom is -0.477 e. The summed E-state index contributed by atoms with van der Waals surface area (Å²) in [5.74, 6) is -2.28. The minimum absolute atomic E-state index is 0.0239. The zero-order valence-corrected chi connectivity index (χ0v) is 21.8. The van der Waals surface area contributed by atoms with Crippen LogP contribution in [0.1, 0.15) is 11.7 Å². The van der Waals surface area contributed by atoms with Crippen molar-refractivity contribution in [1.82, 2.24) is 25.2 Å². The van der Waals surface area contributed by atoms with Crippen LogP contribution in [0.15, 0.2) is 26.9 Å². The molecule has 3 unspecified atom stereocenters. The van der Waals surface area contributed by atoms with E-state index in [2.05, 4.69) is 25.4 Å². The standard InChI is InChI=1S/C17H16ClN9O5S4/c18-11-7(25-17(21)36-11)8(26-32)12(28)24-9-13(29)27-10(15(30)31)4(2-33-14(9)27)34-3-35-6-1-5(19)22-16(20)23-6/h1,8-9,14H,2-3H2,(H2,21,25)(H,24,28)(H,30,31)(H4,19,20,22,23). The summed E-state index contributed by atoms with van der Waals surface area (Å²) >= 11 is 10.6. The lowest BCUT2D eigenvalue weighted by Gasteiger charge is -2.49. The number of β-lactam (4-membered cyclic amide) rings is 1. The molecule has 0 spiro atoms. The number of aromatic nitrogens is 3. The number of thiazole rings is 1. The second-order valence-electron chi connectivity index (χ2n) is 7.09. The van der Waals surface area contributed by atoms with Crippen molar-refractivity contribution in [2.24, 2.45) is 5.18 Å². The van der Waals surface area contributed by atoms with Crippen LogP contribution in [0.25, 0.3) is 0 Å². The van der Waals surface area contributed by atoms with Gasteiger partial charge in [-0.25, -0.2) is 14.8 Å². The molecule has 1 saturated heterocycles. The van der Waals surface area contributed by atoms with Gasteiger partial charge < -0.3 is 27.6 Å². The number of nitrogens with one attached hydrogen (secondary N) is 1. The molecule has 0 radical (unpaired) electrons. The van der Waals surface area contributed by atoms with E-state index in [4.69, 9.17) is 28.8 Å². The lowest BCUT2D eigenvalue weighted by Crippen LogP contribution is -2.70. The molecule has 2 aliphatic rings. The molecule has 0 bridgehead atoms. The molecular formula is C17H16ClN9O5S4. The maximum Gasteiger partial charge on any atom is 0.353 e. The van der Waals surface area contributed by atoms with Gasteiger partial charge in [0.1, 0.15) is 38.0 Å². The fraction of sp³-hybridized carbons (Fsp3) is 0.294. The number of nitrogen functional groups attached to an aromatic ring is 3. The molecule has 8 N–H and O–H groups in total. The number of halogens is 1. The summed E-state index contributed by atoms with van der Waals surface area (Å²) in [4.78, 5) is 62.2. The molecule has 3 atom stereocenters. The van der Waals surface area contributed by atoms with Crippen LogP contribution in [0, 0.1) is 4.91 Å². The Balaban J connectivity index is 1.44. The smallest absolute Gasteiger partial charge is 0.353 e. The van der Waals surface area contributed by atoms with Crippen molar-refractivity contribution in [2.75, 3.05) is 28.0 Å². The molecule has 2 aromatic heterocycles. The van der Waals surface area contributed by atoms with Crippen molar-refractivity contribution < 1.29 is 19.5 Å². The summed E-state index contributed by atoms with van der Waals surface area (Å²) in [6.45, 7) is 0. The number of carbonyl (C=O) groups excluding carboxylic acids is 2. The molecule has 0 aliphatic carbocycles. The molecule has 2 aromatic rings. The first-order valence-corrected chi connectivity index (χ1v) is 13.9. The Morgan fingerprint density at radius 3 is 2.67 bits per heavy atom. The Morgan fingerprint density at radius 1 is 1.31 bits per heavy atom. The number of nitroso groups, excluding NO2 is 1. The highest BCUT2D eigenvalue weighted by Gasteiger charge is 2.54. The zero-order valence-electron chi connectivity index (χ0n) is 17.8. The fourth-order valence-corrected chi connectivity index (χ4v) is 8.03. The second kappa shape index (κ2) is 10.7. The summed E-state index contributed by atoms with van der Waals surface area (Å²) in [5, 5.41) is 15.3. The first-order valence-electron chi connectivity index (χ1n) is 9.72. The van der Waals surface area contributed by atoms with Gasteiger partial charge in [0, 0.05) is 21.8 Å². The van der Waals surface area contributed by atoms with Gasteiger partial charge in [-0.05, 0) is 5.18 Å². The largest absolute Gasteiger partial charge is 0.477 e. The number of carbonyl (C=O) groups is 3. The summed E-state index contributed by atoms with van der Waals surface area (Å²) in [5.41, 5.74) is 16.5. The lowest BCUT2D eigenvalue weighted by atomic mass is 10.0. The van der Waals surface area contributed by atoms with Crippen LogP contribution >= 0.6 is 58.2 Å². The first kappa shape index (κ1) is 26.3. The van der Waals surface area contributed by atoms with Crippen LogP contribution in [-0.2, 0) is 14.4 Å². The van der Waals surface area contributed by atoms with Crippen LogP contribution in [0.4, 0.5) is 16.9 Å². The average molecular weight is 590 g/mol. The third-order valence-electron chi connectivity index (χ3n) is 4.85. The van der Waals surface area contributed by atoms with Gasteiger partial charge >= 0.3 is 5.97 Å². The van der Waals surface area contributed by atoms with E-state index >= 15 is 0 Å². The van der Waals surface area contributed by atoms with E-state index in [-0.39, 0.29) is 38.4 Å². The number of carboxylic acids is 1. The van der Waals surface area contributed by atoms with Gasteiger partial charge in [0.15, 0.2) is 5.13 Å². The highest BCUT2D eigenvalue weighted by atomic mass is 35.5.